The van der Waals surface area contributed by atoms with Crippen molar-refractivity contribution in [3.05, 3.63) is 53.3 Å². The minimum Gasteiger partial charge on any atom is -0.481 e. The fourth-order valence-electron chi connectivity index (χ4n) is 2.69. The first kappa shape index (κ1) is 16.2. The van der Waals surface area contributed by atoms with Crippen LogP contribution in [0.25, 0.3) is 0 Å². The second kappa shape index (κ2) is 7.29. The topological polar surface area (TPSA) is 86.3 Å². The van der Waals surface area contributed by atoms with Crippen LogP contribution in [0.1, 0.15) is 53.3 Å². The number of nitrogens with one attached hydrogen (secondary N) is 1. The van der Waals surface area contributed by atoms with Crippen molar-refractivity contribution in [1.82, 2.24) is 15.1 Å². The number of hydrogen-bond acceptors (Lipinski definition) is 3. The minimum absolute atomic E-state index is 0.0481. The Bertz CT molecular complexity index is 707. The van der Waals surface area contributed by atoms with E-state index in [0.717, 1.165) is 24.1 Å². The molecule has 3 rings (SSSR count). The Morgan fingerprint density at radius 1 is 1.25 bits per heavy atom. The molecule has 0 radical (unpaired) electrons. The quantitative estimate of drug-likeness (QED) is 0.780. The van der Waals surface area contributed by atoms with E-state index < -0.39 is 5.97 Å². The lowest BCUT2D eigenvalue weighted by atomic mass is 10.2. The van der Waals surface area contributed by atoms with Crippen LogP contribution in [-0.2, 0) is 11.3 Å². The van der Waals surface area contributed by atoms with E-state index in [1.54, 1.807) is 4.90 Å². The second-order valence-corrected chi connectivity index (χ2v) is 6.19. The third-order valence-electron chi connectivity index (χ3n) is 4.16. The summed E-state index contributed by atoms with van der Waals surface area (Å²) < 4.78 is 0. The van der Waals surface area contributed by atoms with Gasteiger partial charge in [0.2, 0.25) is 0 Å². The van der Waals surface area contributed by atoms with Gasteiger partial charge in [0.1, 0.15) is 5.69 Å². The van der Waals surface area contributed by atoms with Crippen molar-refractivity contribution < 1.29 is 14.7 Å². The minimum atomic E-state index is -0.849. The number of aromatic nitrogens is 2. The lowest BCUT2D eigenvalue weighted by Gasteiger charge is -2.21. The van der Waals surface area contributed by atoms with Crippen LogP contribution in [-0.4, -0.2) is 38.6 Å². The zero-order chi connectivity index (χ0) is 16.9. The van der Waals surface area contributed by atoms with Gasteiger partial charge in [-0.2, -0.15) is 5.10 Å². The molecule has 0 saturated heterocycles. The van der Waals surface area contributed by atoms with Crippen molar-refractivity contribution in [3.63, 3.8) is 0 Å². The fourth-order valence-corrected chi connectivity index (χ4v) is 2.69. The smallest absolute Gasteiger partial charge is 0.303 e. The molecule has 1 heterocycles. The summed E-state index contributed by atoms with van der Waals surface area (Å²) in [5.41, 5.74) is 2.44. The normalized spacial score (nSPS) is 13.7. The van der Waals surface area contributed by atoms with Crippen molar-refractivity contribution >= 4 is 11.9 Å². The highest BCUT2D eigenvalue weighted by Gasteiger charge is 2.27. The van der Waals surface area contributed by atoms with Gasteiger partial charge in [-0.3, -0.25) is 14.7 Å². The van der Waals surface area contributed by atoms with Crippen molar-refractivity contribution in [3.8, 4) is 0 Å². The van der Waals surface area contributed by atoms with Gasteiger partial charge < -0.3 is 10.0 Å². The monoisotopic (exact) mass is 327 g/mol. The number of H-pyrrole nitrogens is 1. The van der Waals surface area contributed by atoms with E-state index in [-0.39, 0.29) is 12.3 Å². The second-order valence-electron chi connectivity index (χ2n) is 6.19. The number of carbonyl (C=O) groups excluding carboxylic acids is 1. The van der Waals surface area contributed by atoms with Crippen molar-refractivity contribution in [2.45, 2.75) is 38.1 Å². The Hall–Kier alpha value is -2.63. The zero-order valence-corrected chi connectivity index (χ0v) is 13.4. The third kappa shape index (κ3) is 4.22. The molecule has 126 valence electrons. The van der Waals surface area contributed by atoms with Gasteiger partial charge in [-0.25, -0.2) is 0 Å². The summed E-state index contributed by atoms with van der Waals surface area (Å²) in [6.07, 6.45) is 2.75. The average molecular weight is 327 g/mol. The molecule has 1 aliphatic rings. The summed E-state index contributed by atoms with van der Waals surface area (Å²) in [5, 5.41) is 15.9. The first-order chi connectivity index (χ1) is 11.6. The highest BCUT2D eigenvalue weighted by molar-refractivity contribution is 5.92. The van der Waals surface area contributed by atoms with Gasteiger partial charge >= 0.3 is 5.97 Å². The van der Waals surface area contributed by atoms with Crippen molar-refractivity contribution in [2.75, 3.05) is 6.54 Å². The van der Waals surface area contributed by atoms with Gasteiger partial charge in [0.15, 0.2) is 0 Å². The zero-order valence-electron chi connectivity index (χ0n) is 13.4. The maximum Gasteiger partial charge on any atom is 0.303 e. The maximum absolute atomic E-state index is 12.8. The average Bonchev–Trinajstić information content (AvgIpc) is 3.31. The maximum atomic E-state index is 12.8. The van der Waals surface area contributed by atoms with Crippen LogP contribution in [0.3, 0.4) is 0 Å². The van der Waals surface area contributed by atoms with E-state index in [0.29, 0.717) is 31.1 Å². The highest BCUT2D eigenvalue weighted by Crippen LogP contribution is 2.39. The van der Waals surface area contributed by atoms with Gasteiger partial charge in [0.25, 0.3) is 5.91 Å². The van der Waals surface area contributed by atoms with Crippen LogP contribution in [0.5, 0.6) is 0 Å². The highest BCUT2D eigenvalue weighted by atomic mass is 16.4. The van der Waals surface area contributed by atoms with Crippen molar-refractivity contribution in [1.29, 1.82) is 0 Å². The number of nitrogens with zero attached hydrogens (tertiary/aromatic N) is 2. The molecule has 6 nitrogen and oxygen atoms in total. The summed E-state index contributed by atoms with van der Waals surface area (Å²) in [7, 11) is 0. The first-order valence-corrected chi connectivity index (χ1v) is 8.24. The van der Waals surface area contributed by atoms with Crippen LogP contribution in [0.4, 0.5) is 0 Å². The lowest BCUT2D eigenvalue weighted by molar-refractivity contribution is -0.137. The molecule has 1 amide bonds. The number of aromatic amines is 1. The molecule has 1 aromatic carbocycles. The van der Waals surface area contributed by atoms with Gasteiger partial charge in [-0.1, -0.05) is 30.3 Å². The Balaban J connectivity index is 1.71. The molecule has 2 N–H and O–H groups in total. The molecule has 1 saturated carbocycles. The molecule has 1 aliphatic carbocycles. The molecular formula is C18H21N3O3. The Kier molecular flexibility index (Phi) is 4.93. The Morgan fingerprint density at radius 2 is 2.00 bits per heavy atom. The Morgan fingerprint density at radius 3 is 2.67 bits per heavy atom. The van der Waals surface area contributed by atoms with Crippen LogP contribution in [0.2, 0.25) is 0 Å². The Labute approximate surface area is 140 Å². The van der Waals surface area contributed by atoms with Gasteiger partial charge in [0.05, 0.1) is 0 Å². The number of aliphatic carboxylic acids is 1. The predicted octanol–water partition coefficient (Wildman–Crippen LogP) is 2.79. The molecule has 0 aliphatic heterocycles. The van der Waals surface area contributed by atoms with Crippen LogP contribution in [0, 0.1) is 0 Å². The van der Waals surface area contributed by atoms with E-state index in [9.17, 15) is 9.59 Å². The number of carboxylic acid groups (broad SMARTS) is 1. The molecule has 0 unspecified atom stereocenters. The van der Waals surface area contributed by atoms with Crippen LogP contribution < -0.4 is 0 Å². The first-order valence-electron chi connectivity index (χ1n) is 8.24. The summed E-state index contributed by atoms with van der Waals surface area (Å²) in [6.45, 7) is 0.844. The third-order valence-corrected chi connectivity index (χ3v) is 4.16. The molecule has 0 atom stereocenters. The number of rotatable bonds is 8. The summed E-state index contributed by atoms with van der Waals surface area (Å²) in [4.78, 5) is 25.2. The molecule has 2 aromatic rings. The van der Waals surface area contributed by atoms with E-state index in [2.05, 4.69) is 10.2 Å². The number of hydrogen-bond donors (Lipinski definition) is 2. The molecular weight excluding hydrogens is 306 g/mol. The molecule has 1 fully saturated rings. The summed E-state index contributed by atoms with van der Waals surface area (Å²) >= 11 is 0. The molecule has 24 heavy (non-hydrogen) atoms. The predicted molar refractivity (Wildman–Crippen MR) is 88.6 cm³/mol. The van der Waals surface area contributed by atoms with Gasteiger partial charge in [-0.05, 0) is 30.9 Å². The van der Waals surface area contributed by atoms with E-state index >= 15 is 0 Å². The number of carboxylic acids is 1. The molecule has 0 bridgehead atoms. The number of carbonyl (C=O) groups is 2. The summed E-state index contributed by atoms with van der Waals surface area (Å²) in [6, 6.07) is 11.5. The molecule has 0 spiro atoms. The fraction of sp³-hybridized carbons (Fsp3) is 0.389. The van der Waals surface area contributed by atoms with E-state index in [4.69, 9.17) is 5.11 Å². The van der Waals surface area contributed by atoms with Crippen LogP contribution in [0.15, 0.2) is 36.4 Å². The number of benzene rings is 1. The lowest BCUT2D eigenvalue weighted by Crippen LogP contribution is -2.32. The molecule has 6 heteroatoms. The van der Waals surface area contributed by atoms with Gasteiger partial charge in [0, 0.05) is 31.1 Å². The molecule has 1 aromatic heterocycles. The number of amides is 1. The van der Waals surface area contributed by atoms with Crippen LogP contribution >= 0.6 is 0 Å². The standard InChI is InChI=1S/C18H21N3O3/c22-17(23)7-4-10-21(12-13-5-2-1-3-6-13)18(24)16-11-15(19-20-16)14-8-9-14/h1-3,5-6,11,14H,4,7-10,12H2,(H,19,20)(H,22,23). The van der Waals surface area contributed by atoms with Crippen molar-refractivity contribution in [2.24, 2.45) is 0 Å². The SMILES string of the molecule is O=C(O)CCCN(Cc1ccccc1)C(=O)c1cc(C2CC2)[nH]n1. The van der Waals surface area contributed by atoms with E-state index in [1.807, 2.05) is 36.4 Å². The largest absolute Gasteiger partial charge is 0.481 e. The van der Waals surface area contributed by atoms with E-state index in [1.165, 1.54) is 0 Å². The summed E-state index contributed by atoms with van der Waals surface area (Å²) in [5.74, 6) is -0.501. The van der Waals surface area contributed by atoms with Gasteiger partial charge in [-0.15, -0.1) is 0 Å².